The van der Waals surface area contributed by atoms with E-state index in [0.717, 1.165) is 29.4 Å². The van der Waals surface area contributed by atoms with Gasteiger partial charge in [0.15, 0.2) is 5.82 Å². The third-order valence-corrected chi connectivity index (χ3v) is 2.71. The zero-order valence-corrected chi connectivity index (χ0v) is 10.0. The number of imidazole rings is 1. The predicted molar refractivity (Wildman–Crippen MR) is 70.4 cm³/mol. The average Bonchev–Trinajstić information content (AvgIpc) is 2.88. The van der Waals surface area contributed by atoms with Crippen molar-refractivity contribution in [3.63, 3.8) is 0 Å². The molecule has 18 heavy (non-hydrogen) atoms. The van der Waals surface area contributed by atoms with Crippen molar-refractivity contribution in [2.45, 2.75) is 6.92 Å². The van der Waals surface area contributed by atoms with Crippen molar-refractivity contribution in [3.8, 4) is 11.4 Å². The molecule has 1 N–H and O–H groups in total. The van der Waals surface area contributed by atoms with Gasteiger partial charge >= 0.3 is 0 Å². The largest absolute Gasteiger partial charge is 0.368 e. The molecule has 0 bridgehead atoms. The summed E-state index contributed by atoms with van der Waals surface area (Å²) >= 11 is 0. The van der Waals surface area contributed by atoms with E-state index in [1.165, 1.54) is 0 Å². The lowest BCUT2D eigenvalue weighted by molar-refractivity contribution is 1.10. The summed E-state index contributed by atoms with van der Waals surface area (Å²) in [5.41, 5.74) is 2.72. The maximum absolute atomic E-state index is 4.42. The smallest absolute Gasteiger partial charge is 0.154 e. The monoisotopic (exact) mass is 239 g/mol. The fourth-order valence-corrected chi connectivity index (χ4v) is 1.96. The second-order valence-electron chi connectivity index (χ2n) is 3.85. The van der Waals surface area contributed by atoms with E-state index in [1.807, 2.05) is 35.7 Å². The number of nitrogens with zero attached hydrogens (tertiary/aromatic N) is 4. The first-order valence-electron chi connectivity index (χ1n) is 5.87. The van der Waals surface area contributed by atoms with Crippen LogP contribution in [0, 0.1) is 0 Å². The van der Waals surface area contributed by atoms with Crippen LogP contribution in [0.25, 0.3) is 17.0 Å². The number of nitrogens with one attached hydrogen (secondary N) is 1. The van der Waals surface area contributed by atoms with E-state index in [9.17, 15) is 0 Å². The van der Waals surface area contributed by atoms with Crippen molar-refractivity contribution in [3.05, 3.63) is 43.0 Å². The van der Waals surface area contributed by atoms with Gasteiger partial charge in [-0.3, -0.25) is 4.40 Å². The summed E-state index contributed by atoms with van der Waals surface area (Å²) in [7, 11) is 0. The van der Waals surface area contributed by atoms with Gasteiger partial charge in [-0.25, -0.2) is 15.0 Å². The van der Waals surface area contributed by atoms with E-state index >= 15 is 0 Å². The van der Waals surface area contributed by atoms with Crippen LogP contribution in [0.15, 0.2) is 43.0 Å². The minimum Gasteiger partial charge on any atom is -0.368 e. The number of hydrogen-bond donors (Lipinski definition) is 1. The molecule has 5 nitrogen and oxygen atoms in total. The predicted octanol–water partition coefficient (Wildman–Crippen LogP) is 2.22. The first kappa shape index (κ1) is 10.7. The van der Waals surface area contributed by atoms with Crippen LogP contribution in [0.3, 0.4) is 0 Å². The van der Waals surface area contributed by atoms with Crippen LogP contribution in [-0.2, 0) is 0 Å². The van der Waals surface area contributed by atoms with Gasteiger partial charge in [0, 0.05) is 31.3 Å². The highest BCUT2D eigenvalue weighted by atomic mass is 15.0. The molecule has 3 rings (SSSR count). The number of aromatic nitrogens is 4. The lowest BCUT2D eigenvalue weighted by Gasteiger charge is -2.09. The molecule has 3 aromatic heterocycles. The number of hydrogen-bond acceptors (Lipinski definition) is 4. The van der Waals surface area contributed by atoms with Gasteiger partial charge in [0.25, 0.3) is 0 Å². The minimum atomic E-state index is 0.793. The maximum atomic E-state index is 4.42. The first-order chi connectivity index (χ1) is 8.90. The third-order valence-electron chi connectivity index (χ3n) is 2.71. The number of rotatable bonds is 3. The average molecular weight is 239 g/mol. The van der Waals surface area contributed by atoms with E-state index in [2.05, 4.69) is 20.3 Å². The standard InChI is InChI=1S/C13H13N5/c1-2-14-13-12(16-6-7-17-13)10-4-3-5-11-15-8-9-18(10)11/h3-9H,2H2,1H3,(H,14,17). The van der Waals surface area contributed by atoms with Crippen molar-refractivity contribution in [2.75, 3.05) is 11.9 Å². The lowest BCUT2D eigenvalue weighted by atomic mass is 10.2. The molecular weight excluding hydrogens is 226 g/mol. The quantitative estimate of drug-likeness (QED) is 0.761. The molecule has 0 unspecified atom stereocenters. The Morgan fingerprint density at radius 2 is 2.00 bits per heavy atom. The van der Waals surface area contributed by atoms with Crippen molar-refractivity contribution >= 4 is 11.5 Å². The summed E-state index contributed by atoms with van der Waals surface area (Å²) in [5.74, 6) is 0.793. The van der Waals surface area contributed by atoms with E-state index in [0.29, 0.717) is 0 Å². The number of anilines is 1. The van der Waals surface area contributed by atoms with Crippen LogP contribution in [0.5, 0.6) is 0 Å². The molecule has 3 aromatic rings. The zero-order valence-electron chi connectivity index (χ0n) is 10.0. The highest BCUT2D eigenvalue weighted by Gasteiger charge is 2.10. The molecule has 0 radical (unpaired) electrons. The third kappa shape index (κ3) is 1.69. The zero-order chi connectivity index (χ0) is 12.4. The Bertz CT molecular complexity index is 674. The van der Waals surface area contributed by atoms with Crippen LogP contribution in [0.2, 0.25) is 0 Å². The van der Waals surface area contributed by atoms with Gasteiger partial charge in [0.05, 0.1) is 5.69 Å². The lowest BCUT2D eigenvalue weighted by Crippen LogP contribution is -2.04. The summed E-state index contributed by atoms with van der Waals surface area (Å²) in [6.45, 7) is 2.85. The van der Waals surface area contributed by atoms with Crippen molar-refractivity contribution in [1.29, 1.82) is 0 Å². The van der Waals surface area contributed by atoms with Crippen molar-refractivity contribution < 1.29 is 0 Å². The molecular formula is C13H13N5. The summed E-state index contributed by atoms with van der Waals surface area (Å²) < 4.78 is 2.00. The van der Waals surface area contributed by atoms with Gasteiger partial charge in [-0.05, 0) is 19.1 Å². The van der Waals surface area contributed by atoms with Crippen LogP contribution in [-0.4, -0.2) is 25.9 Å². The molecule has 0 aliphatic carbocycles. The number of fused-ring (bicyclic) bond motifs is 1. The second kappa shape index (κ2) is 4.44. The maximum Gasteiger partial charge on any atom is 0.154 e. The highest BCUT2D eigenvalue weighted by molar-refractivity contribution is 5.70. The Morgan fingerprint density at radius 3 is 2.89 bits per heavy atom. The molecule has 0 aliphatic rings. The molecule has 5 heteroatoms. The summed E-state index contributed by atoms with van der Waals surface area (Å²) in [5, 5.41) is 3.22. The molecule has 0 aliphatic heterocycles. The molecule has 0 atom stereocenters. The van der Waals surface area contributed by atoms with Crippen LogP contribution in [0.1, 0.15) is 6.92 Å². The van der Waals surface area contributed by atoms with Gasteiger partial charge < -0.3 is 5.32 Å². The van der Waals surface area contributed by atoms with Crippen LogP contribution >= 0.6 is 0 Å². The Kier molecular flexibility index (Phi) is 2.64. The molecule has 0 saturated carbocycles. The normalized spacial score (nSPS) is 10.7. The minimum absolute atomic E-state index is 0.793. The Hall–Kier alpha value is -2.43. The molecule has 0 aromatic carbocycles. The van der Waals surface area contributed by atoms with Crippen LogP contribution < -0.4 is 5.32 Å². The SMILES string of the molecule is CCNc1nccnc1-c1cccc2nccn12. The number of pyridine rings is 1. The van der Waals surface area contributed by atoms with Gasteiger partial charge in [0.1, 0.15) is 11.3 Å². The second-order valence-corrected chi connectivity index (χ2v) is 3.85. The fourth-order valence-electron chi connectivity index (χ4n) is 1.96. The molecule has 0 spiro atoms. The first-order valence-corrected chi connectivity index (χ1v) is 5.87. The Morgan fingerprint density at radius 1 is 1.11 bits per heavy atom. The van der Waals surface area contributed by atoms with Gasteiger partial charge in [-0.1, -0.05) is 6.07 Å². The Balaban J connectivity index is 2.23. The van der Waals surface area contributed by atoms with Gasteiger partial charge in [0.2, 0.25) is 0 Å². The van der Waals surface area contributed by atoms with E-state index in [1.54, 1.807) is 18.6 Å². The van der Waals surface area contributed by atoms with Crippen LogP contribution in [0.4, 0.5) is 5.82 Å². The fraction of sp³-hybridized carbons (Fsp3) is 0.154. The Labute approximate surface area is 105 Å². The van der Waals surface area contributed by atoms with E-state index < -0.39 is 0 Å². The summed E-state index contributed by atoms with van der Waals surface area (Å²) in [6, 6.07) is 5.95. The summed E-state index contributed by atoms with van der Waals surface area (Å²) in [4.78, 5) is 13.0. The molecule has 90 valence electrons. The van der Waals surface area contributed by atoms with E-state index in [-0.39, 0.29) is 0 Å². The molecule has 0 amide bonds. The highest BCUT2D eigenvalue weighted by Crippen LogP contribution is 2.23. The molecule has 3 heterocycles. The van der Waals surface area contributed by atoms with E-state index in [4.69, 9.17) is 0 Å². The topological polar surface area (TPSA) is 55.1 Å². The van der Waals surface area contributed by atoms with Crippen molar-refractivity contribution in [1.82, 2.24) is 19.4 Å². The van der Waals surface area contributed by atoms with Crippen molar-refractivity contribution in [2.24, 2.45) is 0 Å². The summed E-state index contributed by atoms with van der Waals surface area (Å²) in [6.07, 6.45) is 7.10. The van der Waals surface area contributed by atoms with Gasteiger partial charge in [-0.15, -0.1) is 0 Å². The molecule has 0 saturated heterocycles. The van der Waals surface area contributed by atoms with Gasteiger partial charge in [-0.2, -0.15) is 0 Å². The molecule has 0 fully saturated rings.